The minimum absolute atomic E-state index is 0.115. The molecule has 98 valence electrons. The van der Waals surface area contributed by atoms with Crippen LogP contribution in [0.2, 0.25) is 0 Å². The fraction of sp³-hybridized carbons (Fsp3) is 0.900. The monoisotopic (exact) mass is 266 g/mol. The predicted molar refractivity (Wildman–Crippen MR) is 59.5 cm³/mol. The summed E-state index contributed by atoms with van der Waals surface area (Å²) in [5.74, 6) is -0.732. The van der Waals surface area contributed by atoms with E-state index in [1.54, 1.807) is 0 Å². The van der Waals surface area contributed by atoms with E-state index >= 15 is 0 Å². The van der Waals surface area contributed by atoms with E-state index in [1.165, 1.54) is 4.90 Å². The molecule has 2 heterocycles. The van der Waals surface area contributed by atoms with Crippen molar-refractivity contribution in [2.24, 2.45) is 0 Å². The molecule has 2 unspecified atom stereocenters. The van der Waals surface area contributed by atoms with E-state index in [1.807, 2.05) is 0 Å². The minimum Gasteiger partial charge on any atom is -0.394 e. The SMILES string of the molecule is O=C(C(F)Cl)N1CCN2CCOCC2(CO)C1. The van der Waals surface area contributed by atoms with Crippen molar-refractivity contribution in [3.05, 3.63) is 0 Å². The largest absolute Gasteiger partial charge is 0.394 e. The summed E-state index contributed by atoms with van der Waals surface area (Å²) < 4.78 is 18.2. The average Bonchev–Trinajstić information content (AvgIpc) is 2.37. The first kappa shape index (κ1) is 13.0. The third kappa shape index (κ3) is 2.40. The maximum atomic E-state index is 12.8. The minimum atomic E-state index is -2.01. The van der Waals surface area contributed by atoms with Gasteiger partial charge in [-0.3, -0.25) is 9.69 Å². The van der Waals surface area contributed by atoms with E-state index in [2.05, 4.69) is 4.90 Å². The number of carbonyl (C=O) groups excluding carboxylic acids is 1. The van der Waals surface area contributed by atoms with Crippen LogP contribution in [0.3, 0.4) is 0 Å². The molecule has 0 spiro atoms. The van der Waals surface area contributed by atoms with Gasteiger partial charge < -0.3 is 14.7 Å². The Bertz CT molecular complexity index is 305. The van der Waals surface area contributed by atoms with Gasteiger partial charge in [-0.05, 0) is 0 Å². The zero-order chi connectivity index (χ0) is 12.5. The van der Waals surface area contributed by atoms with Gasteiger partial charge >= 0.3 is 0 Å². The molecule has 2 aliphatic heterocycles. The van der Waals surface area contributed by atoms with Crippen LogP contribution in [0.15, 0.2) is 0 Å². The van der Waals surface area contributed by atoms with Gasteiger partial charge in [0.2, 0.25) is 0 Å². The molecular weight excluding hydrogens is 251 g/mol. The van der Waals surface area contributed by atoms with Crippen molar-refractivity contribution in [1.82, 2.24) is 9.80 Å². The first-order valence-electron chi connectivity index (χ1n) is 5.60. The fourth-order valence-electron chi connectivity index (χ4n) is 2.46. The lowest BCUT2D eigenvalue weighted by Gasteiger charge is -2.52. The maximum absolute atomic E-state index is 12.8. The number of amides is 1. The van der Waals surface area contributed by atoms with E-state index in [9.17, 15) is 14.3 Å². The van der Waals surface area contributed by atoms with E-state index in [-0.39, 0.29) is 13.2 Å². The normalized spacial score (nSPS) is 32.1. The Morgan fingerprint density at radius 1 is 1.53 bits per heavy atom. The van der Waals surface area contributed by atoms with Crippen molar-refractivity contribution >= 4 is 17.5 Å². The smallest absolute Gasteiger partial charge is 0.272 e. The lowest BCUT2D eigenvalue weighted by atomic mass is 9.94. The molecular formula is C10H16ClFN2O3. The third-order valence-electron chi connectivity index (χ3n) is 3.46. The van der Waals surface area contributed by atoms with Gasteiger partial charge in [-0.15, -0.1) is 0 Å². The number of piperazine rings is 1. The quantitative estimate of drug-likeness (QED) is 0.680. The van der Waals surface area contributed by atoms with Gasteiger partial charge in [-0.25, -0.2) is 4.39 Å². The number of fused-ring (bicyclic) bond motifs is 1. The van der Waals surface area contributed by atoms with Gasteiger partial charge in [0.25, 0.3) is 11.5 Å². The van der Waals surface area contributed by atoms with E-state index in [0.29, 0.717) is 26.3 Å². The molecule has 7 heteroatoms. The second kappa shape index (κ2) is 5.06. The molecule has 17 heavy (non-hydrogen) atoms. The number of rotatable bonds is 2. The Hall–Kier alpha value is -0.430. The highest BCUT2D eigenvalue weighted by Gasteiger charge is 2.45. The summed E-state index contributed by atoms with van der Waals surface area (Å²) in [4.78, 5) is 15.0. The highest BCUT2D eigenvalue weighted by Crippen LogP contribution is 2.25. The number of carbonyl (C=O) groups is 1. The van der Waals surface area contributed by atoms with Crippen LogP contribution in [0, 0.1) is 0 Å². The van der Waals surface area contributed by atoms with Gasteiger partial charge in [0, 0.05) is 26.2 Å². The van der Waals surface area contributed by atoms with Gasteiger partial charge in [0.05, 0.1) is 25.4 Å². The Labute approximate surface area is 104 Å². The Morgan fingerprint density at radius 3 is 2.94 bits per heavy atom. The van der Waals surface area contributed by atoms with Crippen molar-refractivity contribution in [3.8, 4) is 0 Å². The maximum Gasteiger partial charge on any atom is 0.272 e. The first-order chi connectivity index (χ1) is 8.09. The van der Waals surface area contributed by atoms with Crippen LogP contribution < -0.4 is 0 Å². The molecule has 1 amide bonds. The second-order valence-electron chi connectivity index (χ2n) is 4.48. The van der Waals surface area contributed by atoms with Crippen molar-refractivity contribution in [1.29, 1.82) is 0 Å². The molecule has 0 aromatic heterocycles. The molecule has 2 fully saturated rings. The van der Waals surface area contributed by atoms with Crippen LogP contribution in [-0.4, -0.2) is 78.0 Å². The molecule has 0 aromatic carbocycles. The number of ether oxygens (including phenoxy) is 1. The third-order valence-corrected chi connectivity index (χ3v) is 3.65. The summed E-state index contributed by atoms with van der Waals surface area (Å²) in [5.41, 5.74) is -2.61. The number of nitrogens with zero attached hydrogens (tertiary/aromatic N) is 2. The van der Waals surface area contributed by atoms with E-state index < -0.39 is 17.1 Å². The van der Waals surface area contributed by atoms with Crippen molar-refractivity contribution in [3.63, 3.8) is 0 Å². The molecule has 0 bridgehead atoms. The molecule has 2 saturated heterocycles. The zero-order valence-electron chi connectivity index (χ0n) is 9.44. The van der Waals surface area contributed by atoms with E-state index in [4.69, 9.17) is 16.3 Å². The van der Waals surface area contributed by atoms with Crippen LogP contribution in [0.4, 0.5) is 4.39 Å². The second-order valence-corrected chi connectivity index (χ2v) is 4.87. The highest BCUT2D eigenvalue weighted by molar-refractivity contribution is 6.29. The number of aliphatic hydroxyl groups excluding tert-OH is 1. The van der Waals surface area contributed by atoms with Crippen LogP contribution in [-0.2, 0) is 9.53 Å². The summed E-state index contributed by atoms with van der Waals surface area (Å²) in [6.07, 6.45) is 0. The number of halogens is 2. The molecule has 2 atom stereocenters. The van der Waals surface area contributed by atoms with Gasteiger partial charge in [0.15, 0.2) is 0 Å². The van der Waals surface area contributed by atoms with Gasteiger partial charge in [-0.1, -0.05) is 11.6 Å². The predicted octanol–water partition coefficient (Wildman–Crippen LogP) is -0.574. The highest BCUT2D eigenvalue weighted by atomic mass is 35.5. The van der Waals surface area contributed by atoms with Crippen molar-refractivity contribution in [2.75, 3.05) is 46.0 Å². The number of hydrogen-bond donors (Lipinski definition) is 1. The van der Waals surface area contributed by atoms with Crippen molar-refractivity contribution in [2.45, 2.75) is 11.2 Å². The molecule has 0 aliphatic carbocycles. The van der Waals surface area contributed by atoms with Gasteiger partial charge in [-0.2, -0.15) is 0 Å². The molecule has 2 rings (SSSR count). The van der Waals surface area contributed by atoms with Crippen molar-refractivity contribution < 1.29 is 19.0 Å². The zero-order valence-corrected chi connectivity index (χ0v) is 10.2. The van der Waals surface area contributed by atoms with Crippen LogP contribution >= 0.6 is 11.6 Å². The summed E-state index contributed by atoms with van der Waals surface area (Å²) in [6, 6.07) is 0. The number of aliphatic hydroxyl groups is 1. The van der Waals surface area contributed by atoms with Crippen LogP contribution in [0.25, 0.3) is 0 Å². The van der Waals surface area contributed by atoms with E-state index in [0.717, 1.165) is 6.54 Å². The van der Waals surface area contributed by atoms with Crippen LogP contribution in [0.5, 0.6) is 0 Å². The summed E-state index contributed by atoms with van der Waals surface area (Å²) in [6.45, 7) is 2.89. The lowest BCUT2D eigenvalue weighted by Crippen LogP contribution is -2.69. The lowest BCUT2D eigenvalue weighted by molar-refractivity contribution is -0.153. The molecule has 0 radical (unpaired) electrons. The Balaban J connectivity index is 2.10. The topological polar surface area (TPSA) is 53.0 Å². The summed E-state index contributed by atoms with van der Waals surface area (Å²) >= 11 is 5.16. The number of morpholine rings is 1. The number of alkyl halides is 2. The molecule has 0 aromatic rings. The van der Waals surface area contributed by atoms with Crippen LogP contribution in [0.1, 0.15) is 0 Å². The molecule has 1 N–H and O–H groups in total. The Morgan fingerprint density at radius 2 is 2.29 bits per heavy atom. The molecule has 2 aliphatic rings. The molecule has 5 nitrogen and oxygen atoms in total. The fourth-order valence-corrected chi connectivity index (χ4v) is 2.60. The summed E-state index contributed by atoms with van der Waals surface area (Å²) in [7, 11) is 0. The summed E-state index contributed by atoms with van der Waals surface area (Å²) in [5, 5.41) is 9.53. The molecule has 0 saturated carbocycles. The standard InChI is InChI=1S/C10H16ClFN2O3/c11-8(12)9(16)13-1-2-14-3-4-17-7-10(14,5-13)6-15/h8,15H,1-7H2. The number of hydrogen-bond acceptors (Lipinski definition) is 4. The first-order valence-corrected chi connectivity index (χ1v) is 6.03. The Kier molecular flexibility index (Phi) is 3.87. The van der Waals surface area contributed by atoms with Gasteiger partial charge in [0.1, 0.15) is 0 Å². The average molecular weight is 267 g/mol.